The molecule has 3 heterocycles. The number of ether oxygens (including phenoxy) is 2. The van der Waals surface area contributed by atoms with Crippen LogP contribution in [0.4, 0.5) is 0 Å². The van der Waals surface area contributed by atoms with Gasteiger partial charge < -0.3 is 14.0 Å². The summed E-state index contributed by atoms with van der Waals surface area (Å²) in [4.78, 5) is 4.46. The summed E-state index contributed by atoms with van der Waals surface area (Å²) >= 11 is 0. The molecule has 2 fully saturated rings. The third-order valence-electron chi connectivity index (χ3n) is 7.46. The Kier molecular flexibility index (Phi) is 3.48. The molecule has 0 amide bonds. The summed E-state index contributed by atoms with van der Waals surface area (Å²) in [6.07, 6.45) is 3.96. The fraction of sp³-hybridized carbons (Fsp3) is 0.750. The highest BCUT2D eigenvalue weighted by molar-refractivity contribution is 5.59. The molecule has 146 valence electrons. The highest BCUT2D eigenvalue weighted by Gasteiger charge is 2.64. The average molecular weight is 372 g/mol. The van der Waals surface area contributed by atoms with Crippen molar-refractivity contribution in [1.29, 1.82) is 0 Å². The maximum absolute atomic E-state index is 6.20. The molecule has 2 aromatic rings. The van der Waals surface area contributed by atoms with E-state index in [1.165, 1.54) is 11.3 Å². The van der Waals surface area contributed by atoms with Gasteiger partial charge in [0.05, 0.1) is 18.9 Å². The Morgan fingerprint density at radius 2 is 1.85 bits per heavy atom. The molecule has 1 saturated heterocycles. The summed E-state index contributed by atoms with van der Waals surface area (Å²) in [6.45, 7) is 10.2. The zero-order valence-electron chi connectivity index (χ0n) is 16.8. The molecule has 7 nitrogen and oxygen atoms in total. The van der Waals surface area contributed by atoms with E-state index in [9.17, 15) is 0 Å². The molecule has 0 radical (unpaired) electrons. The lowest BCUT2D eigenvalue weighted by Gasteiger charge is -2.59. The predicted octanol–water partition coefficient (Wildman–Crippen LogP) is 3.16. The molecule has 3 aliphatic rings. The smallest absolute Gasteiger partial charge is 0.223 e. The van der Waals surface area contributed by atoms with E-state index in [0.29, 0.717) is 30.8 Å². The number of rotatable bonds is 1. The van der Waals surface area contributed by atoms with Crippen LogP contribution in [0.1, 0.15) is 57.2 Å². The first-order valence-electron chi connectivity index (χ1n) is 9.93. The van der Waals surface area contributed by atoms with Crippen LogP contribution in [0, 0.1) is 18.3 Å². The Labute approximate surface area is 159 Å². The zero-order chi connectivity index (χ0) is 19.0. The second-order valence-electron chi connectivity index (χ2n) is 9.12. The fourth-order valence-corrected chi connectivity index (χ4v) is 6.14. The number of hydrogen-bond donors (Lipinski definition) is 0. The number of fused-ring (bicyclic) bond motifs is 3. The van der Waals surface area contributed by atoms with Crippen molar-refractivity contribution in [2.75, 3.05) is 13.2 Å². The van der Waals surface area contributed by atoms with Crippen LogP contribution < -0.4 is 0 Å². The molecular weight excluding hydrogens is 344 g/mol. The highest BCUT2D eigenvalue weighted by Crippen LogP contribution is 2.62. The van der Waals surface area contributed by atoms with Gasteiger partial charge in [-0.05, 0) is 25.2 Å². The maximum atomic E-state index is 6.20. The predicted molar refractivity (Wildman–Crippen MR) is 98.1 cm³/mol. The van der Waals surface area contributed by atoms with Crippen molar-refractivity contribution in [2.45, 2.75) is 64.6 Å². The summed E-state index contributed by atoms with van der Waals surface area (Å²) in [5.41, 5.74) is 3.38. The van der Waals surface area contributed by atoms with E-state index in [4.69, 9.17) is 19.1 Å². The second kappa shape index (κ2) is 5.41. The molecule has 5 rings (SSSR count). The Bertz CT molecular complexity index is 893. The standard InChI is InChI=1S/C20H28N4O3/c1-12-21-17(23-27-12)15-13-6-7-14-18(2,3)20(25-10-11-26-20)9-8-19(14,4)16(13)22-24(15)5/h14H,6-11H2,1-5H3/t14-,19?/m0/s1. The lowest BCUT2D eigenvalue weighted by atomic mass is 9.49. The van der Waals surface area contributed by atoms with Crippen LogP contribution in [0.25, 0.3) is 11.5 Å². The van der Waals surface area contributed by atoms with Gasteiger partial charge in [0.2, 0.25) is 11.7 Å². The van der Waals surface area contributed by atoms with Gasteiger partial charge in [-0.25, -0.2) is 0 Å². The van der Waals surface area contributed by atoms with Gasteiger partial charge in [0.25, 0.3) is 0 Å². The minimum Gasteiger partial charge on any atom is -0.347 e. The van der Waals surface area contributed by atoms with E-state index in [1.807, 2.05) is 18.7 Å². The first kappa shape index (κ1) is 17.4. The molecular formula is C20H28N4O3. The van der Waals surface area contributed by atoms with Crippen molar-refractivity contribution in [3.63, 3.8) is 0 Å². The first-order valence-corrected chi connectivity index (χ1v) is 9.93. The van der Waals surface area contributed by atoms with Gasteiger partial charge in [0.15, 0.2) is 5.79 Å². The SMILES string of the molecule is Cc1nc(-c2c3c(nn2C)C2(C)CCC4(OCCO4)C(C)(C)[C@@H]2CC3)no1. The van der Waals surface area contributed by atoms with E-state index in [2.05, 4.69) is 30.9 Å². The maximum Gasteiger partial charge on any atom is 0.223 e. The Hall–Kier alpha value is -1.73. The summed E-state index contributed by atoms with van der Waals surface area (Å²) < 4.78 is 19.6. The fourth-order valence-electron chi connectivity index (χ4n) is 6.14. The lowest BCUT2D eigenvalue weighted by molar-refractivity contribution is -0.276. The van der Waals surface area contributed by atoms with Crippen LogP contribution in [-0.2, 0) is 28.4 Å². The molecule has 1 unspecified atom stereocenters. The van der Waals surface area contributed by atoms with Gasteiger partial charge in [-0.3, -0.25) is 4.68 Å². The molecule has 7 heteroatoms. The summed E-state index contributed by atoms with van der Waals surface area (Å²) in [7, 11) is 1.98. The number of aryl methyl sites for hydroxylation is 2. The van der Waals surface area contributed by atoms with Gasteiger partial charge in [0, 0.05) is 36.8 Å². The minimum absolute atomic E-state index is 0.00751. The van der Waals surface area contributed by atoms with E-state index in [-0.39, 0.29) is 10.8 Å². The highest BCUT2D eigenvalue weighted by atomic mass is 16.7. The molecule has 0 bridgehead atoms. The zero-order valence-corrected chi connectivity index (χ0v) is 16.8. The lowest BCUT2D eigenvalue weighted by Crippen LogP contribution is -2.61. The largest absolute Gasteiger partial charge is 0.347 e. The monoisotopic (exact) mass is 372 g/mol. The van der Waals surface area contributed by atoms with Crippen LogP contribution in [0.15, 0.2) is 4.52 Å². The van der Waals surface area contributed by atoms with E-state index >= 15 is 0 Å². The van der Waals surface area contributed by atoms with Gasteiger partial charge in [-0.1, -0.05) is 25.9 Å². The van der Waals surface area contributed by atoms with Crippen LogP contribution in [0.2, 0.25) is 0 Å². The number of hydrogen-bond acceptors (Lipinski definition) is 6. The van der Waals surface area contributed by atoms with Crippen molar-refractivity contribution in [2.24, 2.45) is 18.4 Å². The molecule has 2 atom stereocenters. The van der Waals surface area contributed by atoms with Crippen molar-refractivity contribution >= 4 is 0 Å². The molecule has 0 N–H and O–H groups in total. The van der Waals surface area contributed by atoms with E-state index in [0.717, 1.165) is 31.4 Å². The molecule has 27 heavy (non-hydrogen) atoms. The number of aromatic nitrogens is 4. The summed E-state index contributed by atoms with van der Waals surface area (Å²) in [5, 5.41) is 9.14. The Morgan fingerprint density at radius 3 is 2.52 bits per heavy atom. The quantitative estimate of drug-likeness (QED) is 0.765. The van der Waals surface area contributed by atoms with Gasteiger partial charge >= 0.3 is 0 Å². The van der Waals surface area contributed by atoms with E-state index < -0.39 is 5.79 Å². The van der Waals surface area contributed by atoms with Crippen molar-refractivity contribution in [3.8, 4) is 11.5 Å². The summed E-state index contributed by atoms with van der Waals surface area (Å²) in [6, 6.07) is 0. The van der Waals surface area contributed by atoms with Crippen LogP contribution in [0.3, 0.4) is 0 Å². The van der Waals surface area contributed by atoms with Gasteiger partial charge in [-0.2, -0.15) is 10.1 Å². The van der Waals surface area contributed by atoms with Crippen LogP contribution >= 0.6 is 0 Å². The molecule has 2 aliphatic carbocycles. The summed E-state index contributed by atoms with van der Waals surface area (Å²) in [5.74, 6) is 1.21. The number of nitrogens with zero attached hydrogens (tertiary/aromatic N) is 4. The van der Waals surface area contributed by atoms with Crippen molar-refractivity contribution < 1.29 is 14.0 Å². The topological polar surface area (TPSA) is 75.2 Å². The molecule has 2 aromatic heterocycles. The van der Waals surface area contributed by atoms with E-state index in [1.54, 1.807) is 0 Å². The third kappa shape index (κ3) is 2.12. The van der Waals surface area contributed by atoms with Crippen molar-refractivity contribution in [1.82, 2.24) is 19.9 Å². The minimum atomic E-state index is -0.447. The Balaban J connectivity index is 1.61. The normalized spacial score (nSPS) is 31.1. The molecule has 0 aromatic carbocycles. The van der Waals surface area contributed by atoms with Gasteiger partial charge in [-0.15, -0.1) is 0 Å². The average Bonchev–Trinajstić information content (AvgIpc) is 3.31. The van der Waals surface area contributed by atoms with Crippen LogP contribution in [-0.4, -0.2) is 38.9 Å². The molecule has 1 spiro atoms. The second-order valence-corrected chi connectivity index (χ2v) is 9.12. The van der Waals surface area contributed by atoms with Gasteiger partial charge in [0.1, 0.15) is 5.69 Å². The Morgan fingerprint density at radius 1 is 1.11 bits per heavy atom. The molecule has 1 aliphatic heterocycles. The first-order chi connectivity index (χ1) is 12.8. The van der Waals surface area contributed by atoms with Crippen LogP contribution in [0.5, 0.6) is 0 Å². The third-order valence-corrected chi connectivity index (χ3v) is 7.46. The molecule has 1 saturated carbocycles. The van der Waals surface area contributed by atoms with Crippen molar-refractivity contribution in [3.05, 3.63) is 17.1 Å².